The lowest BCUT2D eigenvalue weighted by molar-refractivity contribution is 0.747. The Balaban J connectivity index is 0.00000199. The third-order valence-corrected chi connectivity index (χ3v) is 5.55. The highest BCUT2D eigenvalue weighted by Crippen LogP contribution is 2.26. The number of rotatable bonds is 7. The number of unbranched alkanes of at least 4 members (excludes halogenated alkanes) is 1. The van der Waals surface area contributed by atoms with Crippen LogP contribution in [0.3, 0.4) is 0 Å². The molecule has 0 amide bonds. The number of nitrogens with zero attached hydrogens (tertiary/aromatic N) is 4. The minimum Gasteiger partial charge on any atom is -0.271 e. The molecule has 3 aromatic rings. The average Bonchev–Trinajstić information content (AvgIpc) is 2.79. The van der Waals surface area contributed by atoms with E-state index in [9.17, 15) is 9.59 Å². The highest BCUT2D eigenvalue weighted by Gasteiger charge is 2.15. The van der Waals surface area contributed by atoms with Crippen LogP contribution in [0.25, 0.3) is 11.3 Å². The molecule has 7 nitrogen and oxygen atoms in total. The largest absolute Gasteiger partial charge is 0.349 e. The fourth-order valence-electron chi connectivity index (χ4n) is 3.84. The van der Waals surface area contributed by atoms with Crippen LogP contribution in [0, 0.1) is 26.7 Å². The third kappa shape index (κ3) is 6.37. The number of hydrogen-bond acceptors (Lipinski definition) is 5. The average molecular weight is 464 g/mol. The number of aryl methyl sites for hydroxylation is 3. The Morgan fingerprint density at radius 3 is 2.29 bits per heavy atom. The van der Waals surface area contributed by atoms with E-state index in [1.54, 1.807) is 0 Å². The second kappa shape index (κ2) is 12.2. The summed E-state index contributed by atoms with van der Waals surface area (Å²) in [6, 6.07) is 3.80. The predicted octanol–water partition coefficient (Wildman–Crippen LogP) is 5.09. The van der Waals surface area contributed by atoms with Crippen LogP contribution in [0.5, 0.6) is 0 Å². The van der Waals surface area contributed by atoms with E-state index in [4.69, 9.17) is 4.98 Å². The van der Waals surface area contributed by atoms with Gasteiger partial charge in [0.2, 0.25) is 0 Å². The lowest BCUT2D eigenvalue weighted by atomic mass is 9.95. The minimum atomic E-state index is -0.557. The molecule has 0 aliphatic rings. The normalized spacial score (nSPS) is 11.4. The van der Waals surface area contributed by atoms with E-state index in [2.05, 4.69) is 41.9 Å². The van der Waals surface area contributed by atoms with Crippen molar-refractivity contribution in [1.82, 2.24) is 24.7 Å². The number of nitrogens with one attached hydrogen (secondary N) is 1. The molecule has 0 fully saturated rings. The van der Waals surface area contributed by atoms with Gasteiger partial charge in [-0.1, -0.05) is 47.1 Å². The Morgan fingerprint density at radius 2 is 1.74 bits per heavy atom. The van der Waals surface area contributed by atoms with E-state index in [0.717, 1.165) is 52.8 Å². The Bertz CT molecular complexity index is 1250. The number of allylic oxidation sites excluding steroid dienone is 2. The van der Waals surface area contributed by atoms with E-state index in [1.807, 2.05) is 52.9 Å². The lowest BCUT2D eigenvalue weighted by Gasteiger charge is -2.16. The number of benzene rings is 1. The van der Waals surface area contributed by atoms with Gasteiger partial charge in [0.25, 0.3) is 5.56 Å². The SMILES string of the molecule is CC.CCC/C=C(\c1nc(Cc2c(C)cc(-n3ncc(=O)[nH]c3=O)cc2C)cnc1C)C(C)C. The molecular weight excluding hydrogens is 426 g/mol. The molecule has 0 aliphatic heterocycles. The van der Waals surface area contributed by atoms with Gasteiger partial charge in [0.1, 0.15) is 6.20 Å². The standard InChI is InChI=1S/C25H31N5O2.C2H6/c1-7-8-9-21(15(2)3)24-18(6)26-13-19(28-24)12-22-16(4)10-20(11-17(22)5)30-25(32)29-23(31)14-27-30;1-2/h9-11,13-15H,7-8,12H2,1-6H3,(H,29,31,32);1-2H3/b21-9-;. The molecule has 0 radical (unpaired) electrons. The highest BCUT2D eigenvalue weighted by atomic mass is 16.2. The summed E-state index contributed by atoms with van der Waals surface area (Å²) in [4.78, 5) is 35.3. The second-order valence-electron chi connectivity index (χ2n) is 8.48. The van der Waals surface area contributed by atoms with Crippen molar-refractivity contribution < 1.29 is 0 Å². The molecule has 0 bridgehead atoms. The first kappa shape index (κ1) is 26.9. The molecule has 3 rings (SSSR count). The van der Waals surface area contributed by atoms with Crippen LogP contribution < -0.4 is 11.2 Å². The van der Waals surface area contributed by atoms with Crippen molar-refractivity contribution in [3.05, 3.63) is 85.2 Å². The quantitative estimate of drug-likeness (QED) is 0.527. The third-order valence-electron chi connectivity index (χ3n) is 5.55. The van der Waals surface area contributed by atoms with Crippen molar-refractivity contribution in [3.63, 3.8) is 0 Å². The zero-order valence-electron chi connectivity index (χ0n) is 21.7. The fourth-order valence-corrected chi connectivity index (χ4v) is 3.84. The first-order valence-corrected chi connectivity index (χ1v) is 12.0. The Kier molecular flexibility index (Phi) is 9.66. The molecule has 2 aromatic heterocycles. The van der Waals surface area contributed by atoms with Crippen LogP contribution in [0.4, 0.5) is 0 Å². The van der Waals surface area contributed by atoms with Crippen LogP contribution in [0.15, 0.2) is 40.2 Å². The molecule has 2 heterocycles. The predicted molar refractivity (Wildman–Crippen MR) is 139 cm³/mol. The summed E-state index contributed by atoms with van der Waals surface area (Å²) in [6.45, 7) is 16.6. The molecule has 0 saturated carbocycles. The van der Waals surface area contributed by atoms with Crippen molar-refractivity contribution in [2.45, 2.75) is 74.7 Å². The van der Waals surface area contributed by atoms with Crippen LogP contribution >= 0.6 is 0 Å². The van der Waals surface area contributed by atoms with Gasteiger partial charge in [-0.05, 0) is 67.5 Å². The zero-order chi connectivity index (χ0) is 25.4. The van der Waals surface area contributed by atoms with Gasteiger partial charge >= 0.3 is 5.69 Å². The molecule has 7 heteroatoms. The van der Waals surface area contributed by atoms with E-state index < -0.39 is 11.2 Å². The van der Waals surface area contributed by atoms with Gasteiger partial charge in [-0.15, -0.1) is 0 Å². The van der Waals surface area contributed by atoms with Gasteiger partial charge in [-0.3, -0.25) is 14.8 Å². The maximum Gasteiger partial charge on any atom is 0.349 e. The first-order chi connectivity index (χ1) is 16.2. The topological polar surface area (TPSA) is 93.5 Å². The number of H-pyrrole nitrogens is 1. The molecule has 0 unspecified atom stereocenters. The van der Waals surface area contributed by atoms with Gasteiger partial charge in [-0.25, -0.2) is 9.78 Å². The summed E-state index contributed by atoms with van der Waals surface area (Å²) in [7, 11) is 0. The van der Waals surface area contributed by atoms with Gasteiger partial charge in [-0.2, -0.15) is 9.78 Å². The molecular formula is C27H37N5O2. The van der Waals surface area contributed by atoms with Crippen molar-refractivity contribution in [2.24, 2.45) is 5.92 Å². The lowest BCUT2D eigenvalue weighted by Crippen LogP contribution is -2.30. The molecule has 0 spiro atoms. The minimum absolute atomic E-state index is 0.371. The monoisotopic (exact) mass is 463 g/mol. The van der Waals surface area contributed by atoms with Crippen LogP contribution in [0.1, 0.15) is 81.2 Å². The maximum absolute atomic E-state index is 12.1. The van der Waals surface area contributed by atoms with E-state index >= 15 is 0 Å². The first-order valence-electron chi connectivity index (χ1n) is 12.0. The Morgan fingerprint density at radius 1 is 1.09 bits per heavy atom. The molecule has 0 atom stereocenters. The molecule has 0 saturated heterocycles. The van der Waals surface area contributed by atoms with Gasteiger partial charge in [0.15, 0.2) is 0 Å². The Hall–Kier alpha value is -3.35. The summed E-state index contributed by atoms with van der Waals surface area (Å²) < 4.78 is 1.20. The summed E-state index contributed by atoms with van der Waals surface area (Å²) >= 11 is 0. The summed E-state index contributed by atoms with van der Waals surface area (Å²) in [5, 5.41) is 3.96. The molecule has 182 valence electrons. The van der Waals surface area contributed by atoms with E-state index in [0.29, 0.717) is 18.0 Å². The summed E-state index contributed by atoms with van der Waals surface area (Å²) in [5.74, 6) is 0.371. The van der Waals surface area contributed by atoms with E-state index in [-0.39, 0.29) is 0 Å². The van der Waals surface area contributed by atoms with E-state index in [1.165, 1.54) is 10.3 Å². The van der Waals surface area contributed by atoms with Crippen molar-refractivity contribution in [1.29, 1.82) is 0 Å². The van der Waals surface area contributed by atoms with Crippen molar-refractivity contribution in [3.8, 4) is 5.69 Å². The van der Waals surface area contributed by atoms with Gasteiger partial charge < -0.3 is 0 Å². The van der Waals surface area contributed by atoms with Crippen LogP contribution in [-0.4, -0.2) is 24.7 Å². The molecule has 1 aromatic carbocycles. The number of aromatic nitrogens is 5. The van der Waals surface area contributed by atoms with Crippen LogP contribution in [-0.2, 0) is 6.42 Å². The zero-order valence-corrected chi connectivity index (χ0v) is 21.7. The van der Waals surface area contributed by atoms with Crippen LogP contribution in [0.2, 0.25) is 0 Å². The second-order valence-corrected chi connectivity index (χ2v) is 8.48. The van der Waals surface area contributed by atoms with Crippen molar-refractivity contribution in [2.75, 3.05) is 0 Å². The molecule has 0 aliphatic carbocycles. The molecule has 34 heavy (non-hydrogen) atoms. The number of hydrogen-bond donors (Lipinski definition) is 1. The number of aromatic amines is 1. The molecule has 1 N–H and O–H groups in total. The Labute approximate surface area is 202 Å². The fraction of sp³-hybridized carbons (Fsp3) is 0.444. The maximum atomic E-state index is 12.1. The smallest absolute Gasteiger partial charge is 0.271 e. The van der Waals surface area contributed by atoms with Crippen molar-refractivity contribution >= 4 is 5.57 Å². The van der Waals surface area contributed by atoms with Gasteiger partial charge in [0, 0.05) is 12.6 Å². The highest BCUT2D eigenvalue weighted by molar-refractivity contribution is 5.65. The summed E-state index contributed by atoms with van der Waals surface area (Å²) in [6.07, 6.45) is 7.99. The summed E-state index contributed by atoms with van der Waals surface area (Å²) in [5.41, 5.74) is 6.79. The van der Waals surface area contributed by atoms with Gasteiger partial charge in [0.05, 0.1) is 22.8 Å².